The van der Waals surface area contributed by atoms with Crippen LogP contribution in [0.4, 0.5) is 0 Å². The lowest BCUT2D eigenvalue weighted by Crippen LogP contribution is -2.03. The van der Waals surface area contributed by atoms with E-state index in [0.717, 1.165) is 82.8 Å². The second kappa shape index (κ2) is 23.1. The van der Waals surface area contributed by atoms with Crippen LogP contribution in [0.5, 0.6) is 0 Å². The van der Waals surface area contributed by atoms with E-state index in [-0.39, 0.29) is 0 Å². The summed E-state index contributed by atoms with van der Waals surface area (Å²) >= 11 is 0. The topological polar surface area (TPSA) is 72.3 Å². The fourth-order valence-corrected chi connectivity index (χ4v) is 15.8. The van der Waals surface area contributed by atoms with Crippen molar-refractivity contribution in [3.8, 4) is 107 Å². The Hall–Kier alpha value is -11.3. The van der Waals surface area contributed by atoms with Crippen LogP contribution in [0.1, 0.15) is 72.3 Å². The van der Waals surface area contributed by atoms with E-state index in [1.54, 1.807) is 0 Å². The van der Waals surface area contributed by atoms with Gasteiger partial charge < -0.3 is 9.13 Å². The number of fused-ring (bicyclic) bond motifs is 6. The predicted octanol–water partition coefficient (Wildman–Crippen LogP) is 23.0. The van der Waals surface area contributed by atoms with Gasteiger partial charge in [-0.1, -0.05) is 156 Å². The third-order valence-electron chi connectivity index (χ3n) is 19.3. The van der Waals surface area contributed by atoms with Crippen LogP contribution >= 0.6 is 0 Å². The molecule has 3 heterocycles. The standard InChI is InChI=1S/C88H72N6/c1-50-35-54(5)82(55(6)36-50)64-24-30-77-73(43-64)74-44-65(83-56(7)37-51(2)38-57(83)8)25-31-78(74)93(77)70-29-23-69(49-89)71(48-70)72-47-68(88-91-86(62-19-15-13-16-20-62)90-87(92-88)63-21-17-14-18-22-63)28-34-79(72)94-80-32-26-66(84-58(9)39-52(3)40-59(84)10)45-75(80)76-46-67(27-33-81(76)94)85-60(11)41-53(4)42-61(85)12/h13-48H,1-12H3. The van der Waals surface area contributed by atoms with Crippen LogP contribution in [-0.4, -0.2) is 24.1 Å². The maximum atomic E-state index is 11.6. The number of hydrogen-bond acceptors (Lipinski definition) is 4. The molecule has 0 amide bonds. The zero-order valence-electron chi connectivity index (χ0n) is 55.5. The first-order valence-electron chi connectivity index (χ1n) is 32.5. The Balaban J connectivity index is 1.02. The van der Waals surface area contributed by atoms with Gasteiger partial charge in [-0.25, -0.2) is 15.0 Å². The van der Waals surface area contributed by atoms with Gasteiger partial charge in [0.05, 0.1) is 39.4 Å². The van der Waals surface area contributed by atoms with Crippen molar-refractivity contribution in [1.29, 1.82) is 5.26 Å². The molecule has 0 bridgehead atoms. The van der Waals surface area contributed by atoms with Crippen molar-refractivity contribution in [1.82, 2.24) is 24.1 Å². The fraction of sp³-hybridized carbons (Fsp3) is 0.136. The van der Waals surface area contributed by atoms with E-state index in [4.69, 9.17) is 15.0 Å². The van der Waals surface area contributed by atoms with Gasteiger partial charge in [0.2, 0.25) is 0 Å². The van der Waals surface area contributed by atoms with Crippen molar-refractivity contribution in [3.63, 3.8) is 0 Å². The summed E-state index contributed by atoms with van der Waals surface area (Å²) in [6.45, 7) is 26.5. The third kappa shape index (κ3) is 10.2. The molecule has 0 unspecified atom stereocenters. The monoisotopic (exact) mass is 1210 g/mol. The highest BCUT2D eigenvalue weighted by atomic mass is 15.0. The number of nitriles is 1. The quantitative estimate of drug-likeness (QED) is 0.137. The predicted molar refractivity (Wildman–Crippen MR) is 394 cm³/mol. The highest BCUT2D eigenvalue weighted by Gasteiger charge is 2.25. The maximum absolute atomic E-state index is 11.6. The second-order valence-corrected chi connectivity index (χ2v) is 26.3. The van der Waals surface area contributed by atoms with Crippen LogP contribution in [0.15, 0.2) is 218 Å². The molecular formula is C88H72N6. The summed E-state index contributed by atoms with van der Waals surface area (Å²) in [5, 5.41) is 16.2. The zero-order valence-corrected chi connectivity index (χ0v) is 55.5. The Bertz CT molecular complexity index is 5310. The summed E-state index contributed by atoms with van der Waals surface area (Å²) in [4.78, 5) is 15.7. The number of nitrogens with zero attached hydrogens (tertiary/aromatic N) is 6. The first-order valence-corrected chi connectivity index (χ1v) is 32.5. The molecule has 0 aliphatic heterocycles. The van der Waals surface area contributed by atoms with Crippen molar-refractivity contribution in [2.45, 2.75) is 83.1 Å². The highest BCUT2D eigenvalue weighted by Crippen LogP contribution is 2.46. The van der Waals surface area contributed by atoms with Gasteiger partial charge in [0.1, 0.15) is 0 Å². The molecule has 6 nitrogen and oxygen atoms in total. The van der Waals surface area contributed by atoms with E-state index in [0.29, 0.717) is 23.0 Å². The number of aryl methyl sites for hydroxylation is 12. The summed E-state index contributed by atoms with van der Waals surface area (Å²) in [5.41, 5.74) is 35.5. The number of rotatable bonds is 10. The number of hydrogen-bond donors (Lipinski definition) is 0. The molecule has 12 aromatic carbocycles. The van der Waals surface area contributed by atoms with Gasteiger partial charge in [-0.05, 0) is 257 Å². The molecule has 6 heteroatoms. The average Bonchev–Trinajstić information content (AvgIpc) is 1.56. The summed E-state index contributed by atoms with van der Waals surface area (Å²) in [5.74, 6) is 1.66. The summed E-state index contributed by atoms with van der Waals surface area (Å²) in [7, 11) is 0. The number of aromatic nitrogens is 5. The zero-order chi connectivity index (χ0) is 65.0. The lowest BCUT2D eigenvalue weighted by molar-refractivity contribution is 1.07. The Morgan fingerprint density at radius 2 is 0.596 bits per heavy atom. The number of benzene rings is 12. The van der Waals surface area contributed by atoms with Crippen LogP contribution in [0.3, 0.4) is 0 Å². The first-order chi connectivity index (χ1) is 45.5. The summed E-state index contributed by atoms with van der Waals surface area (Å²) in [6.07, 6.45) is 0. The van der Waals surface area contributed by atoms with Gasteiger partial charge in [0, 0.05) is 55.0 Å². The van der Waals surface area contributed by atoms with Gasteiger partial charge in [0.25, 0.3) is 0 Å². The van der Waals surface area contributed by atoms with E-state index in [1.165, 1.54) is 111 Å². The molecule has 0 N–H and O–H groups in total. The minimum atomic E-state index is 0.520. The van der Waals surface area contributed by atoms with Crippen LogP contribution in [0.2, 0.25) is 0 Å². The molecule has 0 radical (unpaired) electrons. The molecule has 454 valence electrons. The van der Waals surface area contributed by atoms with E-state index < -0.39 is 0 Å². The normalized spacial score (nSPS) is 11.6. The summed E-state index contributed by atoms with van der Waals surface area (Å²) in [6, 6.07) is 82.1. The van der Waals surface area contributed by atoms with Crippen LogP contribution < -0.4 is 0 Å². The Morgan fingerprint density at radius 3 is 0.936 bits per heavy atom. The smallest absolute Gasteiger partial charge is 0.164 e. The lowest BCUT2D eigenvalue weighted by atomic mass is 9.91. The van der Waals surface area contributed by atoms with E-state index in [1.807, 2.05) is 66.7 Å². The molecule has 3 aromatic heterocycles. The van der Waals surface area contributed by atoms with Gasteiger partial charge in [-0.2, -0.15) is 5.26 Å². The minimum absolute atomic E-state index is 0.520. The van der Waals surface area contributed by atoms with Gasteiger partial charge >= 0.3 is 0 Å². The molecule has 0 spiro atoms. The molecular weight excluding hydrogens is 1140 g/mol. The molecule has 0 fully saturated rings. The van der Waals surface area contributed by atoms with E-state index in [9.17, 15) is 5.26 Å². The van der Waals surface area contributed by atoms with Crippen molar-refractivity contribution in [2.24, 2.45) is 0 Å². The van der Waals surface area contributed by atoms with Crippen molar-refractivity contribution < 1.29 is 0 Å². The van der Waals surface area contributed by atoms with Gasteiger partial charge in [-0.3, -0.25) is 0 Å². The van der Waals surface area contributed by atoms with E-state index in [2.05, 4.69) is 250 Å². The molecule has 0 saturated carbocycles. The maximum Gasteiger partial charge on any atom is 0.164 e. The van der Waals surface area contributed by atoms with Crippen molar-refractivity contribution >= 4 is 43.6 Å². The largest absolute Gasteiger partial charge is 0.309 e. The van der Waals surface area contributed by atoms with Gasteiger partial charge in [-0.15, -0.1) is 0 Å². The van der Waals surface area contributed by atoms with Gasteiger partial charge in [0.15, 0.2) is 17.5 Å². The van der Waals surface area contributed by atoms with Crippen molar-refractivity contribution in [2.75, 3.05) is 0 Å². The van der Waals surface area contributed by atoms with Crippen LogP contribution in [0, 0.1) is 94.4 Å². The SMILES string of the molecule is Cc1cc(C)c(-c2ccc3c(c2)c2cc(-c4c(C)cc(C)cc4C)ccc2n3-c2ccc(C#N)c(-c3cc(-c4nc(-c5ccccc5)nc(-c5ccccc5)n4)ccc3-n3c4ccc(-c5c(C)cc(C)cc5C)cc4c4cc(-c5c(C)cc(C)cc5C)ccc43)c2)c(C)c1. The Morgan fingerprint density at radius 1 is 0.277 bits per heavy atom. The van der Waals surface area contributed by atoms with Crippen LogP contribution in [-0.2, 0) is 0 Å². The third-order valence-corrected chi connectivity index (χ3v) is 19.3. The van der Waals surface area contributed by atoms with E-state index >= 15 is 0 Å². The molecule has 0 saturated heterocycles. The molecule has 94 heavy (non-hydrogen) atoms. The minimum Gasteiger partial charge on any atom is -0.309 e. The average molecular weight is 1210 g/mol. The Labute approximate surface area is 550 Å². The second-order valence-electron chi connectivity index (χ2n) is 26.3. The highest BCUT2D eigenvalue weighted by molar-refractivity contribution is 6.14. The summed E-state index contributed by atoms with van der Waals surface area (Å²) < 4.78 is 4.81. The molecule has 0 aliphatic carbocycles. The molecule has 0 aliphatic rings. The molecule has 15 rings (SSSR count). The van der Waals surface area contributed by atoms with Crippen molar-refractivity contribution in [3.05, 3.63) is 291 Å². The van der Waals surface area contributed by atoms with Crippen LogP contribution in [0.25, 0.3) is 145 Å². The molecule has 0 atom stereocenters. The lowest BCUT2D eigenvalue weighted by Gasteiger charge is -2.19. The first kappa shape index (κ1) is 59.1. The Kier molecular flexibility index (Phi) is 14.5. The fourth-order valence-electron chi connectivity index (χ4n) is 15.8. The molecule has 15 aromatic rings.